The summed E-state index contributed by atoms with van der Waals surface area (Å²) in [6, 6.07) is 6.49. The fourth-order valence-electron chi connectivity index (χ4n) is 0.702. The van der Waals surface area contributed by atoms with Crippen molar-refractivity contribution in [2.45, 2.75) is 4.90 Å². The molecule has 0 aliphatic rings. The monoisotopic (exact) mass is 169 g/mol. The Morgan fingerprint density at radius 2 is 2.27 bits per heavy atom. The van der Waals surface area contributed by atoms with Crippen molar-refractivity contribution in [1.82, 2.24) is 0 Å². The zero-order chi connectivity index (χ0) is 8.27. The first-order valence-corrected chi connectivity index (χ1v) is 3.82. The lowest BCUT2D eigenvalue weighted by Gasteiger charge is -1.96. The Hall–Kier alpha value is -1.00. The van der Waals surface area contributed by atoms with E-state index >= 15 is 0 Å². The topological polar surface area (TPSA) is 63.3 Å². The molecule has 0 unspecified atom stereocenters. The van der Waals surface area contributed by atoms with Crippen LogP contribution in [0.5, 0.6) is 0 Å². The summed E-state index contributed by atoms with van der Waals surface area (Å²) < 4.78 is 0. The third-order valence-corrected chi connectivity index (χ3v) is 1.74. The summed E-state index contributed by atoms with van der Waals surface area (Å²) in [7, 11) is 0. The van der Waals surface area contributed by atoms with Gasteiger partial charge >= 0.3 is 5.97 Å². The maximum Gasteiger partial charge on any atom is 0.335 e. The summed E-state index contributed by atoms with van der Waals surface area (Å²) in [6.07, 6.45) is 0. The molecular formula is C7H7NO2S. The van der Waals surface area contributed by atoms with Crippen LogP contribution in [0.1, 0.15) is 10.4 Å². The van der Waals surface area contributed by atoms with Crippen molar-refractivity contribution in [1.29, 1.82) is 0 Å². The average molecular weight is 169 g/mol. The predicted molar refractivity (Wildman–Crippen MR) is 43.4 cm³/mol. The van der Waals surface area contributed by atoms with E-state index in [0.29, 0.717) is 0 Å². The summed E-state index contributed by atoms with van der Waals surface area (Å²) in [5.41, 5.74) is 0.264. The molecule has 0 aromatic heterocycles. The van der Waals surface area contributed by atoms with Gasteiger partial charge in [-0.1, -0.05) is 6.07 Å². The highest BCUT2D eigenvalue weighted by Gasteiger charge is 2.01. The number of carboxylic acid groups (broad SMARTS) is 1. The van der Waals surface area contributed by atoms with Gasteiger partial charge in [0.15, 0.2) is 0 Å². The predicted octanol–water partition coefficient (Wildman–Crippen LogP) is 1.35. The summed E-state index contributed by atoms with van der Waals surface area (Å²) >= 11 is 1.04. The summed E-state index contributed by atoms with van der Waals surface area (Å²) in [5, 5.41) is 13.8. The summed E-state index contributed by atoms with van der Waals surface area (Å²) in [5.74, 6) is -0.930. The largest absolute Gasteiger partial charge is 0.478 e. The van der Waals surface area contributed by atoms with Gasteiger partial charge in [-0.05, 0) is 30.1 Å². The molecule has 0 spiro atoms. The lowest BCUT2D eigenvalue weighted by molar-refractivity contribution is 0.0696. The third-order valence-electron chi connectivity index (χ3n) is 1.22. The van der Waals surface area contributed by atoms with E-state index in [1.807, 2.05) is 0 Å². The average Bonchev–Trinajstić information content (AvgIpc) is 2.05. The van der Waals surface area contributed by atoms with E-state index in [1.165, 1.54) is 12.1 Å². The van der Waals surface area contributed by atoms with Gasteiger partial charge < -0.3 is 5.11 Å². The number of nitrogens with two attached hydrogens (primary N) is 1. The second-order valence-corrected chi connectivity index (χ2v) is 2.66. The van der Waals surface area contributed by atoms with Gasteiger partial charge in [0, 0.05) is 4.90 Å². The molecule has 11 heavy (non-hydrogen) atoms. The Balaban J connectivity index is 3.01. The van der Waals surface area contributed by atoms with Crippen molar-refractivity contribution in [3.8, 4) is 0 Å². The Bertz CT molecular complexity index is 275. The number of rotatable bonds is 2. The SMILES string of the molecule is NSc1cccc(C(=O)O)c1. The van der Waals surface area contributed by atoms with Crippen LogP contribution in [-0.2, 0) is 0 Å². The molecule has 0 radical (unpaired) electrons. The van der Waals surface area contributed by atoms with Crippen LogP contribution < -0.4 is 5.14 Å². The minimum absolute atomic E-state index is 0.264. The number of hydrogen-bond acceptors (Lipinski definition) is 3. The summed E-state index contributed by atoms with van der Waals surface area (Å²) in [4.78, 5) is 11.2. The van der Waals surface area contributed by atoms with Crippen molar-refractivity contribution >= 4 is 17.9 Å². The first-order valence-electron chi connectivity index (χ1n) is 2.94. The normalized spacial score (nSPS) is 9.55. The van der Waals surface area contributed by atoms with E-state index in [0.717, 1.165) is 16.8 Å². The van der Waals surface area contributed by atoms with Crippen molar-refractivity contribution in [3.63, 3.8) is 0 Å². The first-order chi connectivity index (χ1) is 5.24. The van der Waals surface area contributed by atoms with Gasteiger partial charge in [-0.3, -0.25) is 5.14 Å². The lowest BCUT2D eigenvalue weighted by atomic mass is 10.2. The minimum Gasteiger partial charge on any atom is -0.478 e. The molecule has 0 amide bonds. The molecule has 0 bridgehead atoms. The van der Waals surface area contributed by atoms with E-state index in [4.69, 9.17) is 10.2 Å². The fourth-order valence-corrected chi connectivity index (χ4v) is 1.05. The van der Waals surface area contributed by atoms with Gasteiger partial charge in [-0.25, -0.2) is 4.79 Å². The zero-order valence-corrected chi connectivity index (χ0v) is 6.47. The van der Waals surface area contributed by atoms with Gasteiger partial charge in [0.05, 0.1) is 5.56 Å². The molecule has 0 saturated heterocycles. The van der Waals surface area contributed by atoms with E-state index < -0.39 is 5.97 Å². The number of carboxylic acids is 1. The zero-order valence-electron chi connectivity index (χ0n) is 5.65. The highest BCUT2D eigenvalue weighted by Crippen LogP contribution is 2.12. The molecule has 0 aliphatic carbocycles. The van der Waals surface area contributed by atoms with Crippen LogP contribution in [-0.4, -0.2) is 11.1 Å². The van der Waals surface area contributed by atoms with Gasteiger partial charge in [0.25, 0.3) is 0 Å². The third kappa shape index (κ3) is 1.96. The lowest BCUT2D eigenvalue weighted by Crippen LogP contribution is -1.95. The van der Waals surface area contributed by atoms with E-state index in [9.17, 15) is 4.79 Å². The Kier molecular flexibility index (Phi) is 2.51. The number of carbonyl (C=O) groups is 1. The van der Waals surface area contributed by atoms with Crippen LogP contribution >= 0.6 is 11.9 Å². The second-order valence-electron chi connectivity index (χ2n) is 1.95. The molecule has 3 nitrogen and oxygen atoms in total. The van der Waals surface area contributed by atoms with Crippen LogP contribution in [0.25, 0.3) is 0 Å². The van der Waals surface area contributed by atoms with Crippen LogP contribution in [0, 0.1) is 0 Å². The molecule has 0 heterocycles. The van der Waals surface area contributed by atoms with Crippen molar-refractivity contribution < 1.29 is 9.90 Å². The fraction of sp³-hybridized carbons (Fsp3) is 0. The smallest absolute Gasteiger partial charge is 0.335 e. The number of hydrogen-bond donors (Lipinski definition) is 2. The molecule has 3 N–H and O–H groups in total. The van der Waals surface area contributed by atoms with Crippen molar-refractivity contribution in [2.24, 2.45) is 5.14 Å². The molecule has 4 heteroatoms. The Morgan fingerprint density at radius 3 is 2.82 bits per heavy atom. The Labute approximate surface area is 68.4 Å². The Morgan fingerprint density at radius 1 is 1.55 bits per heavy atom. The first kappa shape index (κ1) is 8.10. The maximum absolute atomic E-state index is 10.4. The van der Waals surface area contributed by atoms with E-state index in [2.05, 4.69) is 0 Å². The molecule has 0 aliphatic heterocycles. The highest BCUT2D eigenvalue weighted by atomic mass is 32.2. The van der Waals surface area contributed by atoms with Gasteiger partial charge in [0.2, 0.25) is 0 Å². The van der Waals surface area contributed by atoms with E-state index in [-0.39, 0.29) is 5.56 Å². The van der Waals surface area contributed by atoms with Gasteiger partial charge in [0.1, 0.15) is 0 Å². The summed E-state index contributed by atoms with van der Waals surface area (Å²) in [6.45, 7) is 0. The van der Waals surface area contributed by atoms with Gasteiger partial charge in [-0.15, -0.1) is 0 Å². The molecule has 0 saturated carbocycles. The standard InChI is InChI=1S/C7H7NO2S/c8-11-6-3-1-2-5(4-6)7(9)10/h1-4H,8H2,(H,9,10). The molecule has 0 atom stereocenters. The van der Waals surface area contributed by atoms with Crippen LogP contribution in [0.3, 0.4) is 0 Å². The van der Waals surface area contributed by atoms with Crippen LogP contribution in [0.4, 0.5) is 0 Å². The van der Waals surface area contributed by atoms with Crippen molar-refractivity contribution in [3.05, 3.63) is 29.8 Å². The number of benzene rings is 1. The highest BCUT2D eigenvalue weighted by molar-refractivity contribution is 7.97. The molecule has 0 fully saturated rings. The minimum atomic E-state index is -0.930. The molecule has 1 rings (SSSR count). The molecule has 1 aromatic carbocycles. The van der Waals surface area contributed by atoms with Gasteiger partial charge in [-0.2, -0.15) is 0 Å². The second kappa shape index (κ2) is 3.41. The molecular weight excluding hydrogens is 162 g/mol. The molecule has 58 valence electrons. The van der Waals surface area contributed by atoms with Crippen LogP contribution in [0.2, 0.25) is 0 Å². The quantitative estimate of drug-likeness (QED) is 0.656. The number of aromatic carboxylic acids is 1. The van der Waals surface area contributed by atoms with E-state index in [1.54, 1.807) is 12.1 Å². The van der Waals surface area contributed by atoms with Crippen LogP contribution in [0.15, 0.2) is 29.2 Å². The maximum atomic E-state index is 10.4. The molecule has 1 aromatic rings. The van der Waals surface area contributed by atoms with Crippen molar-refractivity contribution in [2.75, 3.05) is 0 Å².